The summed E-state index contributed by atoms with van der Waals surface area (Å²) in [5, 5.41) is 18.6. The number of aromatic hydroxyl groups is 1. The van der Waals surface area contributed by atoms with Crippen molar-refractivity contribution in [3.63, 3.8) is 0 Å². The number of rotatable bonds is 8. The lowest BCUT2D eigenvalue weighted by atomic mass is 10.1. The summed E-state index contributed by atoms with van der Waals surface area (Å²) < 4.78 is 26.7. The first-order valence-electron chi connectivity index (χ1n) is 8.24. The van der Waals surface area contributed by atoms with Crippen LogP contribution in [-0.2, 0) is 26.1 Å². The topological polar surface area (TPSA) is 116 Å². The quantitative estimate of drug-likeness (QED) is 0.348. The van der Waals surface area contributed by atoms with Crippen LogP contribution in [0, 0.1) is 11.8 Å². The molecule has 2 aromatic rings. The number of nitrogens with zero attached hydrogens (tertiary/aromatic N) is 1. The summed E-state index contributed by atoms with van der Waals surface area (Å²) in [5.41, 5.74) is 2.03. The first-order valence-corrected chi connectivity index (χ1v) is 9.68. The maximum Gasteiger partial charge on any atom is 0.265 e. The van der Waals surface area contributed by atoms with E-state index in [9.17, 15) is 18.3 Å². The van der Waals surface area contributed by atoms with E-state index in [1.165, 1.54) is 54.0 Å². The molecule has 3 N–H and O–H groups in total. The zero-order valence-electron chi connectivity index (χ0n) is 15.1. The summed E-state index contributed by atoms with van der Waals surface area (Å²) in [4.78, 5) is 17.6. The van der Waals surface area contributed by atoms with Gasteiger partial charge in [0.05, 0.1) is 4.90 Å². The molecule has 2 aromatic carbocycles. The normalized spacial score (nSPS) is 12.1. The van der Waals surface area contributed by atoms with Gasteiger partial charge in [-0.1, -0.05) is 40.7 Å². The van der Waals surface area contributed by atoms with Crippen molar-refractivity contribution >= 4 is 15.9 Å². The summed E-state index contributed by atoms with van der Waals surface area (Å²) in [6.45, 7) is 1.29. The third-order valence-electron chi connectivity index (χ3n) is 3.75. The number of hydroxylamine groups is 2. The molecule has 148 valence electrons. The van der Waals surface area contributed by atoms with Crippen molar-refractivity contribution < 1.29 is 28.4 Å². The van der Waals surface area contributed by atoms with Gasteiger partial charge >= 0.3 is 0 Å². The van der Waals surface area contributed by atoms with Gasteiger partial charge in [0.1, 0.15) is 18.4 Å². The Kier molecular flexibility index (Phi) is 7.54. The molecule has 0 saturated carbocycles. The van der Waals surface area contributed by atoms with Crippen molar-refractivity contribution in [1.82, 2.24) is 9.95 Å². The van der Waals surface area contributed by atoms with Gasteiger partial charge in [-0.05, 0) is 36.8 Å². The molecule has 0 radical (unpaired) electrons. The zero-order valence-corrected chi connectivity index (χ0v) is 15.9. The Hall–Kier alpha value is -2.90. The number of benzene rings is 2. The predicted octanol–water partition coefficient (Wildman–Crippen LogP) is 1.45. The second kappa shape index (κ2) is 9.87. The van der Waals surface area contributed by atoms with Crippen LogP contribution in [0.3, 0.4) is 0 Å². The highest BCUT2D eigenvalue weighted by Gasteiger charge is 2.37. The van der Waals surface area contributed by atoms with Gasteiger partial charge < -0.3 is 5.11 Å². The molecule has 0 aromatic heterocycles. The maximum atomic E-state index is 13.1. The van der Waals surface area contributed by atoms with Crippen LogP contribution in [0.25, 0.3) is 0 Å². The van der Waals surface area contributed by atoms with Gasteiger partial charge in [-0.3, -0.25) is 14.8 Å². The molecule has 0 bridgehead atoms. The Balaban J connectivity index is 2.46. The van der Waals surface area contributed by atoms with E-state index in [1.54, 1.807) is 13.0 Å². The molecule has 0 aliphatic carbocycles. The fourth-order valence-corrected chi connectivity index (χ4v) is 3.79. The summed E-state index contributed by atoms with van der Waals surface area (Å²) >= 11 is 0. The Morgan fingerprint density at radius 1 is 1.18 bits per heavy atom. The largest absolute Gasteiger partial charge is 0.508 e. The fraction of sp³-hybridized carbons (Fsp3) is 0.211. The molecule has 28 heavy (non-hydrogen) atoms. The molecule has 0 saturated heterocycles. The van der Waals surface area contributed by atoms with E-state index in [1.807, 2.05) is 0 Å². The molecule has 2 rings (SSSR count). The third kappa shape index (κ3) is 5.31. The first kappa shape index (κ1) is 21.4. The lowest BCUT2D eigenvalue weighted by Gasteiger charge is -2.28. The lowest BCUT2D eigenvalue weighted by Crippen LogP contribution is -2.50. The highest BCUT2D eigenvalue weighted by molar-refractivity contribution is 7.89. The predicted molar refractivity (Wildman–Crippen MR) is 100 cm³/mol. The lowest BCUT2D eigenvalue weighted by molar-refractivity contribution is -0.150. The summed E-state index contributed by atoms with van der Waals surface area (Å²) in [6.07, 6.45) is -0.113. The Morgan fingerprint density at radius 3 is 2.39 bits per heavy atom. The SMILES string of the molecule is CC#CCON(C(Cc1ccc(O)cc1)C(=O)NO)S(=O)(=O)c1ccccc1. The summed E-state index contributed by atoms with van der Waals surface area (Å²) in [7, 11) is -4.24. The number of phenols is 1. The van der Waals surface area contributed by atoms with E-state index in [0.717, 1.165) is 0 Å². The van der Waals surface area contributed by atoms with E-state index in [4.69, 9.17) is 10.0 Å². The number of hydrogen-bond donors (Lipinski definition) is 3. The smallest absolute Gasteiger partial charge is 0.265 e. The van der Waals surface area contributed by atoms with Crippen LogP contribution in [0.2, 0.25) is 0 Å². The van der Waals surface area contributed by atoms with Crippen molar-refractivity contribution in [2.75, 3.05) is 6.61 Å². The van der Waals surface area contributed by atoms with Crippen LogP contribution in [0.1, 0.15) is 12.5 Å². The first-order chi connectivity index (χ1) is 13.4. The number of phenolic OH excluding ortho intramolecular Hbond substituents is 1. The molecule has 9 heteroatoms. The minimum atomic E-state index is -4.24. The van der Waals surface area contributed by atoms with Crippen LogP contribution in [0.4, 0.5) is 0 Å². The molecule has 0 aliphatic rings. The zero-order chi connectivity index (χ0) is 20.6. The van der Waals surface area contributed by atoms with Crippen LogP contribution in [0.15, 0.2) is 59.5 Å². The number of carbonyl (C=O) groups excluding carboxylic acids is 1. The number of amides is 1. The van der Waals surface area contributed by atoms with Crippen molar-refractivity contribution in [2.24, 2.45) is 0 Å². The molecule has 1 atom stereocenters. The van der Waals surface area contributed by atoms with Crippen LogP contribution >= 0.6 is 0 Å². The number of hydrogen-bond acceptors (Lipinski definition) is 6. The van der Waals surface area contributed by atoms with E-state index in [0.29, 0.717) is 10.0 Å². The molecule has 0 fully saturated rings. The van der Waals surface area contributed by atoms with E-state index >= 15 is 0 Å². The van der Waals surface area contributed by atoms with Gasteiger partial charge in [-0.15, -0.1) is 5.92 Å². The Morgan fingerprint density at radius 2 is 1.82 bits per heavy atom. The van der Waals surface area contributed by atoms with Crippen molar-refractivity contribution in [3.8, 4) is 17.6 Å². The Labute approximate surface area is 163 Å². The van der Waals surface area contributed by atoms with Crippen LogP contribution < -0.4 is 5.48 Å². The third-order valence-corrected chi connectivity index (χ3v) is 5.45. The molecule has 1 amide bonds. The van der Waals surface area contributed by atoms with Crippen molar-refractivity contribution in [3.05, 3.63) is 60.2 Å². The van der Waals surface area contributed by atoms with Crippen molar-refractivity contribution in [1.29, 1.82) is 0 Å². The van der Waals surface area contributed by atoms with Gasteiger partial charge in [0.25, 0.3) is 15.9 Å². The summed E-state index contributed by atoms with van der Waals surface area (Å²) in [6, 6.07) is 11.9. The molecule has 8 nitrogen and oxygen atoms in total. The molecular formula is C19H20N2O6S. The summed E-state index contributed by atoms with van der Waals surface area (Å²) in [5.74, 6) is 4.21. The minimum Gasteiger partial charge on any atom is -0.508 e. The average Bonchev–Trinajstić information content (AvgIpc) is 2.71. The molecule has 0 heterocycles. The van der Waals surface area contributed by atoms with Crippen molar-refractivity contribution in [2.45, 2.75) is 24.3 Å². The van der Waals surface area contributed by atoms with E-state index in [2.05, 4.69) is 11.8 Å². The molecular weight excluding hydrogens is 384 g/mol. The second-order valence-electron chi connectivity index (χ2n) is 5.64. The van der Waals surface area contributed by atoms with Crippen LogP contribution in [0.5, 0.6) is 5.75 Å². The van der Waals surface area contributed by atoms with Crippen LogP contribution in [-0.4, -0.2) is 41.8 Å². The van der Waals surface area contributed by atoms with Gasteiger partial charge in [-0.2, -0.15) is 0 Å². The standard InChI is InChI=1S/C19H20N2O6S/c1-2-3-13-27-21(28(25,26)17-7-5-4-6-8-17)18(19(23)20-24)14-15-9-11-16(22)12-10-15/h4-12,18,22,24H,13-14H2,1H3,(H,20,23). The minimum absolute atomic E-state index is 0.0233. The number of nitrogens with one attached hydrogen (secondary N) is 1. The number of sulfonamides is 1. The monoisotopic (exact) mass is 404 g/mol. The highest BCUT2D eigenvalue weighted by atomic mass is 32.2. The average molecular weight is 404 g/mol. The molecule has 1 unspecified atom stereocenters. The van der Waals surface area contributed by atoms with Gasteiger partial charge in [0.2, 0.25) is 0 Å². The maximum absolute atomic E-state index is 13.1. The molecule has 0 spiro atoms. The Bertz CT molecular complexity index is 949. The van der Waals surface area contributed by atoms with E-state index < -0.39 is 22.0 Å². The van der Waals surface area contributed by atoms with Gasteiger partial charge in [0.15, 0.2) is 0 Å². The number of carbonyl (C=O) groups is 1. The second-order valence-corrected chi connectivity index (χ2v) is 7.42. The fourth-order valence-electron chi connectivity index (χ4n) is 2.38. The molecule has 0 aliphatic heterocycles. The van der Waals surface area contributed by atoms with E-state index in [-0.39, 0.29) is 23.7 Å². The highest BCUT2D eigenvalue weighted by Crippen LogP contribution is 2.22. The van der Waals surface area contributed by atoms with Gasteiger partial charge in [-0.25, -0.2) is 13.9 Å². The van der Waals surface area contributed by atoms with Gasteiger partial charge in [0, 0.05) is 6.42 Å².